The highest BCUT2D eigenvalue weighted by Gasteiger charge is 2.37. The van der Waals surface area contributed by atoms with Crippen molar-refractivity contribution in [2.45, 2.75) is 13.5 Å². The zero-order chi connectivity index (χ0) is 28.1. The molecule has 1 fully saturated rings. The number of carboxylic acid groups (broad SMARTS) is 1. The molecular formula is C28H23IN2O8. The van der Waals surface area contributed by atoms with E-state index in [9.17, 15) is 19.2 Å². The number of methoxy groups -OCH3 is 1. The second kappa shape index (κ2) is 12.0. The number of barbiturate groups is 1. The van der Waals surface area contributed by atoms with Crippen molar-refractivity contribution in [3.05, 3.63) is 86.5 Å². The van der Waals surface area contributed by atoms with Crippen LogP contribution in [0.5, 0.6) is 17.2 Å². The van der Waals surface area contributed by atoms with Gasteiger partial charge in [-0.05, 0) is 95.2 Å². The second-order valence-electron chi connectivity index (χ2n) is 8.21. The summed E-state index contributed by atoms with van der Waals surface area (Å²) in [5.41, 5.74) is 1.47. The van der Waals surface area contributed by atoms with Crippen LogP contribution < -0.4 is 24.4 Å². The van der Waals surface area contributed by atoms with E-state index in [1.165, 1.54) is 25.3 Å². The van der Waals surface area contributed by atoms with Crippen molar-refractivity contribution in [1.29, 1.82) is 0 Å². The van der Waals surface area contributed by atoms with E-state index in [-0.39, 0.29) is 23.4 Å². The van der Waals surface area contributed by atoms with E-state index in [0.717, 1.165) is 10.5 Å². The van der Waals surface area contributed by atoms with Gasteiger partial charge in [-0.25, -0.2) is 14.5 Å². The molecule has 0 radical (unpaired) electrons. The number of anilines is 1. The molecule has 200 valence electrons. The average molecular weight is 642 g/mol. The summed E-state index contributed by atoms with van der Waals surface area (Å²) >= 11 is 2.05. The number of rotatable bonds is 9. The van der Waals surface area contributed by atoms with Gasteiger partial charge in [-0.1, -0.05) is 12.1 Å². The molecule has 3 aromatic rings. The zero-order valence-electron chi connectivity index (χ0n) is 20.9. The minimum Gasteiger partial charge on any atom is -0.494 e. The van der Waals surface area contributed by atoms with Gasteiger partial charge in [-0.2, -0.15) is 0 Å². The summed E-state index contributed by atoms with van der Waals surface area (Å²) in [4.78, 5) is 50.3. The molecule has 0 unspecified atom stereocenters. The van der Waals surface area contributed by atoms with Gasteiger partial charge in [0.05, 0.1) is 28.5 Å². The molecule has 1 heterocycles. The Kier molecular flexibility index (Phi) is 8.49. The third-order valence-electron chi connectivity index (χ3n) is 5.65. The number of urea groups is 1. The van der Waals surface area contributed by atoms with Gasteiger partial charge in [0.1, 0.15) is 17.9 Å². The van der Waals surface area contributed by atoms with Crippen LogP contribution in [0.3, 0.4) is 0 Å². The molecule has 0 bridgehead atoms. The number of hydrogen-bond acceptors (Lipinski definition) is 7. The monoisotopic (exact) mass is 642 g/mol. The van der Waals surface area contributed by atoms with Crippen molar-refractivity contribution in [3.63, 3.8) is 0 Å². The predicted octanol–water partition coefficient (Wildman–Crippen LogP) is 4.64. The molecule has 0 atom stereocenters. The Hall–Kier alpha value is -4.39. The van der Waals surface area contributed by atoms with Crippen LogP contribution in [0.25, 0.3) is 6.08 Å². The lowest BCUT2D eigenvalue weighted by atomic mass is 10.1. The van der Waals surface area contributed by atoms with E-state index in [2.05, 4.69) is 5.32 Å². The van der Waals surface area contributed by atoms with Crippen LogP contribution in [0.4, 0.5) is 10.5 Å². The summed E-state index contributed by atoms with van der Waals surface area (Å²) in [5.74, 6) is -1.22. The summed E-state index contributed by atoms with van der Waals surface area (Å²) in [6, 6.07) is 15.1. The Balaban J connectivity index is 1.58. The molecule has 4 amide bonds. The third kappa shape index (κ3) is 6.20. The molecular weight excluding hydrogens is 619 g/mol. The Morgan fingerprint density at radius 3 is 2.33 bits per heavy atom. The highest BCUT2D eigenvalue weighted by molar-refractivity contribution is 14.1. The minimum absolute atomic E-state index is 0.159. The Morgan fingerprint density at radius 2 is 1.72 bits per heavy atom. The molecule has 1 aliphatic rings. The van der Waals surface area contributed by atoms with Crippen LogP contribution >= 0.6 is 22.6 Å². The van der Waals surface area contributed by atoms with Gasteiger partial charge in [0.2, 0.25) is 0 Å². The average Bonchev–Trinajstić information content (AvgIpc) is 2.91. The van der Waals surface area contributed by atoms with Gasteiger partial charge < -0.3 is 19.3 Å². The van der Waals surface area contributed by atoms with Crippen molar-refractivity contribution in [3.8, 4) is 17.2 Å². The predicted molar refractivity (Wildman–Crippen MR) is 150 cm³/mol. The molecule has 1 saturated heterocycles. The van der Waals surface area contributed by atoms with Gasteiger partial charge in [0.25, 0.3) is 11.8 Å². The highest BCUT2D eigenvalue weighted by atomic mass is 127. The van der Waals surface area contributed by atoms with E-state index in [1.54, 1.807) is 48.5 Å². The SMILES string of the molecule is CCOc1ccc(N2C(=O)NC(=O)/C(=C\c3cc(I)c(OCc4ccc(C(=O)O)cc4)c(OC)c3)C2=O)cc1. The van der Waals surface area contributed by atoms with Gasteiger partial charge in [-0.3, -0.25) is 14.9 Å². The van der Waals surface area contributed by atoms with Crippen molar-refractivity contribution >= 4 is 58.2 Å². The number of nitrogens with zero attached hydrogens (tertiary/aromatic N) is 1. The van der Waals surface area contributed by atoms with Gasteiger partial charge >= 0.3 is 12.0 Å². The first-order chi connectivity index (χ1) is 18.7. The molecule has 0 aromatic heterocycles. The maximum Gasteiger partial charge on any atom is 0.335 e. The van der Waals surface area contributed by atoms with Crippen LogP contribution in [0, 0.1) is 3.57 Å². The first kappa shape index (κ1) is 27.6. The molecule has 0 spiro atoms. The lowest BCUT2D eigenvalue weighted by Crippen LogP contribution is -2.54. The first-order valence-electron chi connectivity index (χ1n) is 11.7. The lowest BCUT2D eigenvalue weighted by Gasteiger charge is -2.26. The van der Waals surface area contributed by atoms with Crippen molar-refractivity contribution in [1.82, 2.24) is 5.32 Å². The van der Waals surface area contributed by atoms with Crippen LogP contribution in [-0.4, -0.2) is 42.6 Å². The van der Waals surface area contributed by atoms with E-state index >= 15 is 0 Å². The zero-order valence-corrected chi connectivity index (χ0v) is 23.1. The number of amides is 4. The van der Waals surface area contributed by atoms with E-state index < -0.39 is 23.8 Å². The fourth-order valence-electron chi connectivity index (χ4n) is 3.78. The number of nitrogens with one attached hydrogen (secondary N) is 1. The van der Waals surface area contributed by atoms with E-state index in [4.69, 9.17) is 19.3 Å². The normalized spacial score (nSPS) is 14.3. The summed E-state index contributed by atoms with van der Waals surface area (Å²) in [6.07, 6.45) is 1.38. The highest BCUT2D eigenvalue weighted by Crippen LogP contribution is 2.35. The van der Waals surface area contributed by atoms with Crippen LogP contribution in [0.2, 0.25) is 0 Å². The number of benzene rings is 3. The molecule has 10 nitrogen and oxygen atoms in total. The quantitative estimate of drug-likeness (QED) is 0.196. The summed E-state index contributed by atoms with van der Waals surface area (Å²) in [7, 11) is 1.46. The minimum atomic E-state index is -1.01. The van der Waals surface area contributed by atoms with Gasteiger partial charge in [-0.15, -0.1) is 0 Å². The Labute approximate surface area is 237 Å². The number of carboxylic acids is 1. The molecule has 11 heteroatoms. The van der Waals surface area contributed by atoms with Crippen LogP contribution in [0.1, 0.15) is 28.4 Å². The third-order valence-corrected chi connectivity index (χ3v) is 6.46. The van der Waals surface area contributed by atoms with Gasteiger partial charge in [0, 0.05) is 0 Å². The number of ether oxygens (including phenoxy) is 3. The first-order valence-corrected chi connectivity index (χ1v) is 12.8. The molecule has 0 saturated carbocycles. The molecule has 0 aliphatic carbocycles. The number of halogens is 1. The largest absolute Gasteiger partial charge is 0.494 e. The maximum atomic E-state index is 13.2. The van der Waals surface area contributed by atoms with E-state index in [1.807, 2.05) is 29.5 Å². The smallest absolute Gasteiger partial charge is 0.335 e. The van der Waals surface area contributed by atoms with Crippen molar-refractivity contribution in [2.75, 3.05) is 18.6 Å². The fraction of sp³-hybridized carbons (Fsp3) is 0.143. The number of carbonyl (C=O) groups is 4. The molecule has 2 N–H and O–H groups in total. The van der Waals surface area contributed by atoms with Gasteiger partial charge in [0.15, 0.2) is 11.5 Å². The fourth-order valence-corrected chi connectivity index (χ4v) is 4.56. The molecule has 1 aliphatic heterocycles. The maximum absolute atomic E-state index is 13.2. The van der Waals surface area contributed by atoms with E-state index in [0.29, 0.717) is 33.0 Å². The second-order valence-corrected chi connectivity index (χ2v) is 9.37. The number of imide groups is 2. The lowest BCUT2D eigenvalue weighted by molar-refractivity contribution is -0.122. The number of hydrogen-bond donors (Lipinski definition) is 2. The number of aromatic carboxylic acids is 1. The van der Waals surface area contributed by atoms with Crippen LogP contribution in [-0.2, 0) is 16.2 Å². The molecule has 4 rings (SSSR count). The summed E-state index contributed by atoms with van der Waals surface area (Å²) in [6.45, 7) is 2.47. The number of carbonyl (C=O) groups excluding carboxylic acids is 3. The topological polar surface area (TPSA) is 131 Å². The standard InChI is InChI=1S/C28H23IN2O8/c1-3-38-20-10-8-19(9-11-20)31-26(33)21(25(32)30-28(31)36)12-17-13-22(29)24(23(14-17)37-2)39-15-16-4-6-18(7-5-16)27(34)35/h4-14H,3,15H2,1-2H3,(H,34,35)(H,30,32,36)/b21-12+. The van der Waals surface area contributed by atoms with Crippen molar-refractivity contribution in [2.24, 2.45) is 0 Å². The van der Waals surface area contributed by atoms with Crippen molar-refractivity contribution < 1.29 is 38.5 Å². The molecule has 39 heavy (non-hydrogen) atoms. The Bertz CT molecular complexity index is 1470. The van der Waals surface area contributed by atoms with Crippen LogP contribution in [0.15, 0.2) is 66.2 Å². The summed E-state index contributed by atoms with van der Waals surface area (Å²) in [5, 5.41) is 11.3. The Morgan fingerprint density at radius 1 is 1.03 bits per heavy atom. The molecule has 3 aromatic carbocycles. The summed E-state index contributed by atoms with van der Waals surface area (Å²) < 4.78 is 17.5.